The predicted molar refractivity (Wildman–Crippen MR) is 146 cm³/mol. The van der Waals surface area contributed by atoms with Gasteiger partial charge in [-0.3, -0.25) is 0 Å². The van der Waals surface area contributed by atoms with Gasteiger partial charge in [-0.05, 0) is 34.4 Å². The Morgan fingerprint density at radius 1 is 0.618 bits per heavy atom. The van der Waals surface area contributed by atoms with Crippen LogP contribution < -0.4 is 0 Å². The quantitative estimate of drug-likeness (QED) is 0.250. The zero-order valence-electron chi connectivity index (χ0n) is 18.0. The summed E-state index contributed by atoms with van der Waals surface area (Å²) in [4.78, 5) is 11.3. The molecule has 2 nitrogen and oxygen atoms in total. The molecule has 0 atom stereocenters. The van der Waals surface area contributed by atoms with Gasteiger partial charge in [0, 0.05) is 37.0 Å². The van der Waals surface area contributed by atoms with Crippen LogP contribution in [0.4, 0.5) is 0 Å². The SMILES string of the molecule is Clc1cccc2c(-c3nc(-c4ccc5ccccc5c4)c4c(n3)sc3ccccc34)cccc12. The third kappa shape index (κ3) is 3.02. The molecule has 0 radical (unpaired) electrons. The number of nitrogens with zero attached hydrogens (tertiary/aromatic N) is 2. The van der Waals surface area contributed by atoms with E-state index in [0.29, 0.717) is 0 Å². The number of benzene rings is 5. The molecule has 0 spiro atoms. The molecule has 5 aromatic carbocycles. The average molecular weight is 473 g/mol. The van der Waals surface area contributed by atoms with Gasteiger partial charge in [0.05, 0.1) is 5.69 Å². The van der Waals surface area contributed by atoms with Crippen LogP contribution >= 0.6 is 22.9 Å². The Hall–Kier alpha value is -3.79. The van der Waals surface area contributed by atoms with E-state index in [1.54, 1.807) is 11.3 Å². The smallest absolute Gasteiger partial charge is 0.162 e. The van der Waals surface area contributed by atoms with E-state index in [-0.39, 0.29) is 0 Å². The van der Waals surface area contributed by atoms with Crippen LogP contribution in [0.5, 0.6) is 0 Å². The molecule has 0 aliphatic carbocycles. The standard InChI is InChI=1S/C30H17ClN2S/c31-25-13-6-10-21-22(25)11-5-12-23(21)29-32-28(20-16-15-18-7-1-2-8-19(18)17-20)27-24-9-3-4-14-26(24)34-30(27)33-29/h1-17H. The van der Waals surface area contributed by atoms with Crippen molar-refractivity contribution in [1.82, 2.24) is 9.97 Å². The summed E-state index contributed by atoms with van der Waals surface area (Å²) in [5.74, 6) is 0.718. The highest BCUT2D eigenvalue weighted by atomic mass is 35.5. The van der Waals surface area contributed by atoms with Crippen molar-refractivity contribution in [2.75, 3.05) is 0 Å². The molecule has 4 heteroatoms. The Morgan fingerprint density at radius 2 is 1.38 bits per heavy atom. The molecule has 0 bridgehead atoms. The summed E-state index contributed by atoms with van der Waals surface area (Å²) >= 11 is 8.22. The van der Waals surface area contributed by atoms with Crippen LogP contribution in [0.1, 0.15) is 0 Å². The summed E-state index contributed by atoms with van der Waals surface area (Å²) in [6, 6.07) is 35.6. The minimum atomic E-state index is 0.718. The molecule has 7 rings (SSSR count). The van der Waals surface area contributed by atoms with Gasteiger partial charge in [0.2, 0.25) is 0 Å². The lowest BCUT2D eigenvalue weighted by atomic mass is 10.0. The molecule has 2 aromatic heterocycles. The molecule has 0 N–H and O–H groups in total. The summed E-state index contributed by atoms with van der Waals surface area (Å²) in [5.41, 5.74) is 3.04. The lowest BCUT2D eigenvalue weighted by Crippen LogP contribution is -1.94. The fourth-order valence-electron chi connectivity index (χ4n) is 4.76. The van der Waals surface area contributed by atoms with Crippen LogP contribution in [-0.2, 0) is 0 Å². The van der Waals surface area contributed by atoms with Crippen LogP contribution in [0.2, 0.25) is 5.02 Å². The van der Waals surface area contributed by atoms with Gasteiger partial charge in [0.1, 0.15) is 4.83 Å². The zero-order chi connectivity index (χ0) is 22.6. The first-order chi connectivity index (χ1) is 16.8. The average Bonchev–Trinajstić information content (AvgIpc) is 3.26. The molecule has 0 fully saturated rings. The van der Waals surface area contributed by atoms with Crippen LogP contribution in [0.15, 0.2) is 103 Å². The predicted octanol–water partition coefficient (Wildman–Crippen LogP) is 9.14. The zero-order valence-corrected chi connectivity index (χ0v) is 19.6. The van der Waals surface area contributed by atoms with Crippen molar-refractivity contribution in [3.63, 3.8) is 0 Å². The van der Waals surface area contributed by atoms with E-state index in [1.165, 1.54) is 20.9 Å². The maximum Gasteiger partial charge on any atom is 0.162 e. The number of thiophene rings is 1. The number of hydrogen-bond donors (Lipinski definition) is 0. The van der Waals surface area contributed by atoms with Gasteiger partial charge in [-0.1, -0.05) is 96.5 Å². The molecular formula is C30H17ClN2S. The molecule has 160 valence electrons. The van der Waals surface area contributed by atoms with E-state index < -0.39 is 0 Å². The maximum absolute atomic E-state index is 6.51. The van der Waals surface area contributed by atoms with E-state index >= 15 is 0 Å². The Kier molecular flexibility index (Phi) is 4.41. The van der Waals surface area contributed by atoms with Crippen molar-refractivity contribution >= 4 is 64.8 Å². The first-order valence-electron chi connectivity index (χ1n) is 11.1. The first kappa shape index (κ1) is 19.7. The van der Waals surface area contributed by atoms with Crippen molar-refractivity contribution < 1.29 is 0 Å². The fraction of sp³-hybridized carbons (Fsp3) is 0. The van der Waals surface area contributed by atoms with E-state index in [4.69, 9.17) is 21.6 Å². The van der Waals surface area contributed by atoms with Gasteiger partial charge in [-0.15, -0.1) is 11.3 Å². The lowest BCUT2D eigenvalue weighted by Gasteiger charge is -2.11. The van der Waals surface area contributed by atoms with E-state index in [9.17, 15) is 0 Å². The third-order valence-corrected chi connectivity index (χ3v) is 7.77. The summed E-state index contributed by atoms with van der Waals surface area (Å²) in [7, 11) is 0. The molecule has 0 amide bonds. The normalized spacial score (nSPS) is 11.7. The highest BCUT2D eigenvalue weighted by Gasteiger charge is 2.18. The molecule has 0 saturated heterocycles. The molecule has 0 unspecified atom stereocenters. The van der Waals surface area contributed by atoms with E-state index in [1.807, 2.05) is 24.3 Å². The van der Waals surface area contributed by atoms with E-state index in [0.717, 1.165) is 48.7 Å². The number of halogens is 1. The summed E-state index contributed by atoms with van der Waals surface area (Å²) < 4.78 is 1.21. The van der Waals surface area contributed by atoms with Crippen molar-refractivity contribution in [2.45, 2.75) is 0 Å². The lowest BCUT2D eigenvalue weighted by molar-refractivity contribution is 1.25. The Bertz CT molecular complexity index is 1890. The molecular weight excluding hydrogens is 456 g/mol. The van der Waals surface area contributed by atoms with Crippen molar-refractivity contribution in [2.24, 2.45) is 0 Å². The van der Waals surface area contributed by atoms with Crippen LogP contribution in [0.3, 0.4) is 0 Å². The molecule has 7 aromatic rings. The molecule has 0 aliphatic heterocycles. The Morgan fingerprint density at radius 3 is 2.32 bits per heavy atom. The first-order valence-corrected chi connectivity index (χ1v) is 12.3. The Labute approximate surface area is 205 Å². The van der Waals surface area contributed by atoms with Crippen LogP contribution in [0.25, 0.3) is 64.5 Å². The monoisotopic (exact) mass is 472 g/mol. The van der Waals surface area contributed by atoms with Crippen LogP contribution in [-0.4, -0.2) is 9.97 Å². The molecule has 34 heavy (non-hydrogen) atoms. The number of fused-ring (bicyclic) bond motifs is 5. The highest BCUT2D eigenvalue weighted by Crippen LogP contribution is 2.41. The van der Waals surface area contributed by atoms with Gasteiger partial charge >= 0.3 is 0 Å². The number of rotatable bonds is 2. The van der Waals surface area contributed by atoms with Crippen LogP contribution in [0, 0.1) is 0 Å². The summed E-state index contributed by atoms with van der Waals surface area (Å²) in [5, 5.41) is 7.52. The third-order valence-electron chi connectivity index (χ3n) is 6.37. The largest absolute Gasteiger partial charge is 0.227 e. The fourth-order valence-corrected chi connectivity index (χ4v) is 6.07. The second-order valence-electron chi connectivity index (χ2n) is 8.38. The number of aromatic nitrogens is 2. The topological polar surface area (TPSA) is 25.8 Å². The molecule has 2 heterocycles. The maximum atomic E-state index is 6.51. The van der Waals surface area contributed by atoms with Gasteiger partial charge in [-0.2, -0.15) is 0 Å². The van der Waals surface area contributed by atoms with Gasteiger partial charge in [-0.25, -0.2) is 9.97 Å². The molecule has 0 saturated carbocycles. The molecule has 0 aliphatic rings. The minimum absolute atomic E-state index is 0.718. The minimum Gasteiger partial charge on any atom is -0.227 e. The summed E-state index contributed by atoms with van der Waals surface area (Å²) in [6.45, 7) is 0. The van der Waals surface area contributed by atoms with Crippen molar-refractivity contribution in [3.8, 4) is 22.6 Å². The Balaban J connectivity index is 1.59. The number of hydrogen-bond acceptors (Lipinski definition) is 3. The highest BCUT2D eigenvalue weighted by molar-refractivity contribution is 7.25. The summed E-state index contributed by atoms with van der Waals surface area (Å²) in [6.07, 6.45) is 0. The van der Waals surface area contributed by atoms with Gasteiger partial charge in [0.25, 0.3) is 0 Å². The van der Waals surface area contributed by atoms with Gasteiger partial charge in [0.15, 0.2) is 5.82 Å². The van der Waals surface area contributed by atoms with E-state index in [2.05, 4.69) is 78.9 Å². The second kappa shape index (κ2) is 7.63. The second-order valence-corrected chi connectivity index (χ2v) is 9.81. The van der Waals surface area contributed by atoms with Crippen molar-refractivity contribution in [3.05, 3.63) is 108 Å². The van der Waals surface area contributed by atoms with Crippen molar-refractivity contribution in [1.29, 1.82) is 0 Å². The van der Waals surface area contributed by atoms with Gasteiger partial charge < -0.3 is 0 Å².